The first-order valence-electron chi connectivity index (χ1n) is 2.93. The summed E-state index contributed by atoms with van der Waals surface area (Å²) >= 11 is 0. The van der Waals surface area contributed by atoms with E-state index in [2.05, 4.69) is 9.99 Å². The van der Waals surface area contributed by atoms with Crippen LogP contribution in [-0.2, 0) is 14.7 Å². The second kappa shape index (κ2) is 2.57. The molecule has 0 radical (unpaired) electrons. The van der Waals surface area contributed by atoms with Gasteiger partial charge in [0.15, 0.2) is 9.84 Å². The number of oxime groups is 1. The molecule has 1 fully saturated rings. The van der Waals surface area contributed by atoms with E-state index in [1.165, 1.54) is 7.11 Å². The van der Waals surface area contributed by atoms with Crippen LogP contribution in [0.2, 0.25) is 0 Å². The molecule has 1 aliphatic rings. The number of sulfone groups is 1. The summed E-state index contributed by atoms with van der Waals surface area (Å²) in [7, 11) is -1.41. The number of hydrogen-bond donors (Lipinski definition) is 0. The summed E-state index contributed by atoms with van der Waals surface area (Å²) in [6.45, 7) is 0. The minimum absolute atomic E-state index is 0.0703. The molecule has 0 N–H and O–H groups in total. The van der Waals surface area contributed by atoms with Crippen molar-refractivity contribution < 1.29 is 13.3 Å². The molecular formula is C5H9NO3S. The van der Waals surface area contributed by atoms with Crippen molar-refractivity contribution in [1.29, 1.82) is 0 Å². The molecule has 0 atom stereocenters. The molecule has 5 heteroatoms. The van der Waals surface area contributed by atoms with Crippen LogP contribution in [-0.4, -0.2) is 32.7 Å². The van der Waals surface area contributed by atoms with Gasteiger partial charge in [0.05, 0.1) is 17.2 Å². The highest BCUT2D eigenvalue weighted by Gasteiger charge is 2.23. The fraction of sp³-hybridized carbons (Fsp3) is 0.800. The lowest BCUT2D eigenvalue weighted by Gasteiger charge is -1.88. The van der Waals surface area contributed by atoms with E-state index in [9.17, 15) is 8.42 Å². The lowest BCUT2D eigenvalue weighted by molar-refractivity contribution is 0.212. The van der Waals surface area contributed by atoms with Crippen molar-refractivity contribution in [2.75, 3.05) is 18.6 Å². The minimum Gasteiger partial charge on any atom is -0.399 e. The Kier molecular flexibility index (Phi) is 1.94. The molecule has 0 aliphatic carbocycles. The maximum atomic E-state index is 10.8. The molecule has 1 saturated heterocycles. The number of nitrogens with zero attached hydrogens (tertiary/aromatic N) is 1. The normalized spacial score (nSPS) is 27.1. The molecule has 1 aliphatic heterocycles. The van der Waals surface area contributed by atoms with Gasteiger partial charge in [-0.1, -0.05) is 5.16 Å². The van der Waals surface area contributed by atoms with Crippen LogP contribution in [0.5, 0.6) is 0 Å². The Morgan fingerprint density at radius 3 is 2.70 bits per heavy atom. The highest BCUT2D eigenvalue weighted by atomic mass is 32.2. The van der Waals surface area contributed by atoms with E-state index in [0.29, 0.717) is 12.1 Å². The van der Waals surface area contributed by atoms with Gasteiger partial charge in [-0.3, -0.25) is 0 Å². The smallest absolute Gasteiger partial charge is 0.156 e. The second-order valence-corrected chi connectivity index (χ2v) is 4.37. The minimum atomic E-state index is -2.83. The Morgan fingerprint density at radius 2 is 2.30 bits per heavy atom. The van der Waals surface area contributed by atoms with Crippen LogP contribution >= 0.6 is 0 Å². The molecule has 58 valence electrons. The Balaban J connectivity index is 2.69. The van der Waals surface area contributed by atoms with Gasteiger partial charge in [0.1, 0.15) is 7.11 Å². The molecule has 10 heavy (non-hydrogen) atoms. The largest absolute Gasteiger partial charge is 0.399 e. The quantitative estimate of drug-likeness (QED) is 0.503. The molecule has 1 heterocycles. The summed E-state index contributed by atoms with van der Waals surface area (Å²) in [6.07, 6.45) is 0.524. The molecule has 0 aromatic heterocycles. The maximum absolute atomic E-state index is 10.8. The monoisotopic (exact) mass is 163 g/mol. The zero-order valence-electron chi connectivity index (χ0n) is 5.70. The van der Waals surface area contributed by atoms with Crippen LogP contribution in [0, 0.1) is 0 Å². The van der Waals surface area contributed by atoms with E-state index in [1.54, 1.807) is 0 Å². The molecular weight excluding hydrogens is 154 g/mol. The van der Waals surface area contributed by atoms with Crippen molar-refractivity contribution in [2.24, 2.45) is 5.16 Å². The van der Waals surface area contributed by atoms with Crippen molar-refractivity contribution in [3.05, 3.63) is 0 Å². The van der Waals surface area contributed by atoms with Crippen LogP contribution in [0.1, 0.15) is 6.42 Å². The van der Waals surface area contributed by atoms with Gasteiger partial charge in [0.25, 0.3) is 0 Å². The summed E-state index contributed by atoms with van der Waals surface area (Å²) in [5, 5.41) is 3.56. The third-order valence-electron chi connectivity index (χ3n) is 1.31. The standard InChI is InChI=1S/C5H9NO3S/c1-9-6-5-2-3-10(7,8)4-5/h2-4H2,1H3/b6-5+. The zero-order valence-corrected chi connectivity index (χ0v) is 6.52. The summed E-state index contributed by atoms with van der Waals surface area (Å²) in [5.41, 5.74) is 0.627. The Labute approximate surface area is 59.8 Å². The van der Waals surface area contributed by atoms with Gasteiger partial charge in [-0.15, -0.1) is 0 Å². The highest BCUT2D eigenvalue weighted by molar-refractivity contribution is 7.92. The number of rotatable bonds is 1. The Hall–Kier alpha value is -0.580. The highest BCUT2D eigenvalue weighted by Crippen LogP contribution is 2.07. The Bertz CT molecular complexity index is 242. The first-order valence-corrected chi connectivity index (χ1v) is 4.75. The van der Waals surface area contributed by atoms with E-state index in [4.69, 9.17) is 0 Å². The SMILES string of the molecule is CO/N=C1\CCS(=O)(=O)C1. The molecule has 0 unspecified atom stereocenters. The maximum Gasteiger partial charge on any atom is 0.156 e. The molecule has 0 aromatic rings. The zero-order chi connectivity index (χ0) is 7.61. The van der Waals surface area contributed by atoms with Gasteiger partial charge in [0, 0.05) is 6.42 Å². The third-order valence-corrected chi connectivity index (χ3v) is 2.91. The second-order valence-electron chi connectivity index (χ2n) is 2.18. The summed E-state index contributed by atoms with van der Waals surface area (Å²) in [6, 6.07) is 0. The van der Waals surface area contributed by atoms with Gasteiger partial charge in [-0.25, -0.2) is 8.42 Å². The van der Waals surface area contributed by atoms with Gasteiger partial charge < -0.3 is 4.84 Å². The van der Waals surface area contributed by atoms with Crippen LogP contribution in [0.3, 0.4) is 0 Å². The van der Waals surface area contributed by atoms with E-state index < -0.39 is 9.84 Å². The topological polar surface area (TPSA) is 55.7 Å². The predicted molar refractivity (Wildman–Crippen MR) is 37.7 cm³/mol. The van der Waals surface area contributed by atoms with E-state index >= 15 is 0 Å². The summed E-state index contributed by atoms with van der Waals surface area (Å²) in [5.74, 6) is 0.288. The van der Waals surface area contributed by atoms with Crippen molar-refractivity contribution in [3.63, 3.8) is 0 Å². The summed E-state index contributed by atoms with van der Waals surface area (Å²) < 4.78 is 21.6. The molecule has 1 rings (SSSR count). The third kappa shape index (κ3) is 1.70. The molecule has 0 amide bonds. The molecule has 4 nitrogen and oxygen atoms in total. The fourth-order valence-electron chi connectivity index (χ4n) is 0.873. The van der Waals surface area contributed by atoms with E-state index in [1.807, 2.05) is 0 Å². The number of hydrogen-bond acceptors (Lipinski definition) is 4. The Morgan fingerprint density at radius 1 is 1.60 bits per heavy atom. The average Bonchev–Trinajstić information content (AvgIpc) is 2.12. The van der Waals surface area contributed by atoms with Gasteiger partial charge in [0.2, 0.25) is 0 Å². The molecule has 0 bridgehead atoms. The lowest BCUT2D eigenvalue weighted by atomic mass is 10.3. The van der Waals surface area contributed by atoms with Crippen LogP contribution in [0.25, 0.3) is 0 Å². The average molecular weight is 163 g/mol. The van der Waals surface area contributed by atoms with E-state index in [0.717, 1.165) is 0 Å². The first-order chi connectivity index (χ1) is 4.64. The predicted octanol–water partition coefficient (Wildman–Crippen LogP) is -0.193. The van der Waals surface area contributed by atoms with Gasteiger partial charge in [-0.05, 0) is 0 Å². The summed E-state index contributed by atoms with van der Waals surface area (Å²) in [4.78, 5) is 4.44. The van der Waals surface area contributed by atoms with Crippen LogP contribution < -0.4 is 0 Å². The molecule has 0 aromatic carbocycles. The van der Waals surface area contributed by atoms with Gasteiger partial charge in [-0.2, -0.15) is 0 Å². The van der Waals surface area contributed by atoms with Crippen molar-refractivity contribution in [2.45, 2.75) is 6.42 Å². The fourth-order valence-corrected chi connectivity index (χ4v) is 2.27. The van der Waals surface area contributed by atoms with Crippen LogP contribution in [0.4, 0.5) is 0 Å². The lowest BCUT2D eigenvalue weighted by Crippen LogP contribution is -2.03. The van der Waals surface area contributed by atoms with Crippen molar-refractivity contribution in [3.8, 4) is 0 Å². The van der Waals surface area contributed by atoms with Crippen molar-refractivity contribution in [1.82, 2.24) is 0 Å². The van der Waals surface area contributed by atoms with Crippen LogP contribution in [0.15, 0.2) is 5.16 Å². The van der Waals surface area contributed by atoms with E-state index in [-0.39, 0.29) is 11.5 Å². The first kappa shape index (κ1) is 7.53. The van der Waals surface area contributed by atoms with Crippen molar-refractivity contribution >= 4 is 15.5 Å². The van der Waals surface area contributed by atoms with Gasteiger partial charge >= 0.3 is 0 Å². The molecule has 0 spiro atoms. The molecule has 0 saturated carbocycles.